The van der Waals surface area contributed by atoms with Gasteiger partial charge in [0.25, 0.3) is 0 Å². The molecule has 1 saturated carbocycles. The summed E-state index contributed by atoms with van der Waals surface area (Å²) < 4.78 is 18.9. The van der Waals surface area contributed by atoms with Gasteiger partial charge in [-0.2, -0.15) is 0 Å². The van der Waals surface area contributed by atoms with Gasteiger partial charge in [-0.1, -0.05) is 23.2 Å². The van der Waals surface area contributed by atoms with E-state index in [4.69, 9.17) is 27.9 Å². The second-order valence-corrected chi connectivity index (χ2v) is 4.29. The number of methoxy groups -OCH3 is 1. The summed E-state index contributed by atoms with van der Waals surface area (Å²) in [5.41, 5.74) is -0.0176. The number of ether oxygens (including phenoxy) is 1. The Labute approximate surface area is 91.8 Å². The first-order valence-corrected chi connectivity index (χ1v) is 5.05. The van der Waals surface area contributed by atoms with Crippen LogP contribution in [0.2, 0.25) is 10.0 Å². The third-order valence-electron chi connectivity index (χ3n) is 2.58. The van der Waals surface area contributed by atoms with Crippen LogP contribution in [0.1, 0.15) is 18.4 Å². The first-order valence-electron chi connectivity index (χ1n) is 4.29. The zero-order chi connectivity index (χ0) is 10.3. The average Bonchev–Trinajstić information content (AvgIpc) is 2.92. The van der Waals surface area contributed by atoms with E-state index in [9.17, 15) is 4.39 Å². The van der Waals surface area contributed by atoms with Crippen molar-refractivity contribution >= 4 is 23.2 Å². The fourth-order valence-electron chi connectivity index (χ4n) is 1.58. The van der Waals surface area contributed by atoms with Gasteiger partial charge in [0.05, 0.1) is 10.6 Å². The van der Waals surface area contributed by atoms with Crippen LogP contribution in [0, 0.1) is 5.82 Å². The van der Waals surface area contributed by atoms with Crippen molar-refractivity contribution in [1.82, 2.24) is 0 Å². The Hall–Kier alpha value is -0.310. The molecule has 4 heteroatoms. The van der Waals surface area contributed by atoms with Gasteiger partial charge in [-0.05, 0) is 25.0 Å². The summed E-state index contributed by atoms with van der Waals surface area (Å²) in [5, 5.41) is 0.491. The van der Waals surface area contributed by atoms with Gasteiger partial charge in [0.2, 0.25) is 0 Å². The Balaban J connectivity index is 2.52. The summed E-state index contributed by atoms with van der Waals surface area (Å²) in [4.78, 5) is 0. The minimum atomic E-state index is -0.487. The standard InChI is InChI=1S/C10H9Cl2FO/c1-14-10(2-3-10)7-4-6(11)5-8(12)9(7)13/h4-5H,2-3H2,1H3. The highest BCUT2D eigenvalue weighted by molar-refractivity contribution is 6.34. The SMILES string of the molecule is COC1(c2cc(Cl)cc(Cl)c2F)CC1. The maximum atomic E-state index is 13.6. The van der Waals surface area contributed by atoms with Gasteiger partial charge in [0.1, 0.15) is 5.82 Å². The number of benzene rings is 1. The molecule has 0 aromatic heterocycles. The molecule has 0 bridgehead atoms. The molecular weight excluding hydrogens is 226 g/mol. The smallest absolute Gasteiger partial charge is 0.147 e. The van der Waals surface area contributed by atoms with Crippen LogP contribution in [0.3, 0.4) is 0 Å². The first-order chi connectivity index (χ1) is 6.59. The van der Waals surface area contributed by atoms with Crippen molar-refractivity contribution in [3.8, 4) is 0 Å². The normalized spacial score (nSPS) is 18.3. The minimum Gasteiger partial charge on any atom is -0.373 e. The number of hydrogen-bond donors (Lipinski definition) is 0. The highest BCUT2D eigenvalue weighted by Crippen LogP contribution is 2.50. The van der Waals surface area contributed by atoms with Crippen molar-refractivity contribution in [3.63, 3.8) is 0 Å². The second-order valence-electron chi connectivity index (χ2n) is 3.45. The van der Waals surface area contributed by atoms with Gasteiger partial charge in [-0.3, -0.25) is 0 Å². The summed E-state index contributed by atoms with van der Waals surface area (Å²) in [5.74, 6) is -0.421. The molecular formula is C10H9Cl2FO. The average molecular weight is 235 g/mol. The Morgan fingerprint density at radius 3 is 2.50 bits per heavy atom. The first kappa shape index (κ1) is 10.2. The Bertz CT molecular complexity index is 375. The van der Waals surface area contributed by atoms with E-state index in [0.717, 1.165) is 12.8 Å². The third-order valence-corrected chi connectivity index (χ3v) is 3.07. The van der Waals surface area contributed by atoms with Crippen LogP contribution in [0.25, 0.3) is 0 Å². The minimum absolute atomic E-state index is 0.0517. The van der Waals surface area contributed by atoms with Gasteiger partial charge in [0, 0.05) is 17.7 Å². The Morgan fingerprint density at radius 1 is 1.36 bits per heavy atom. The zero-order valence-electron chi connectivity index (χ0n) is 7.61. The van der Waals surface area contributed by atoms with Crippen molar-refractivity contribution < 1.29 is 9.13 Å². The van der Waals surface area contributed by atoms with Crippen LogP contribution in [-0.2, 0) is 10.3 Å². The molecule has 0 spiro atoms. The summed E-state index contributed by atoms with van der Waals surface area (Å²) in [7, 11) is 1.57. The highest BCUT2D eigenvalue weighted by Gasteiger charge is 2.47. The molecule has 0 N–H and O–H groups in total. The maximum absolute atomic E-state index is 13.6. The van der Waals surface area contributed by atoms with E-state index in [1.807, 2.05) is 0 Å². The molecule has 0 aliphatic heterocycles. The molecule has 1 fully saturated rings. The molecule has 1 aliphatic rings. The Morgan fingerprint density at radius 2 is 2.00 bits per heavy atom. The maximum Gasteiger partial charge on any atom is 0.147 e. The lowest BCUT2D eigenvalue weighted by molar-refractivity contribution is 0.0757. The van der Waals surface area contributed by atoms with E-state index >= 15 is 0 Å². The molecule has 0 unspecified atom stereocenters. The molecule has 0 heterocycles. The molecule has 14 heavy (non-hydrogen) atoms. The van der Waals surface area contributed by atoms with E-state index in [1.165, 1.54) is 6.07 Å². The highest BCUT2D eigenvalue weighted by atomic mass is 35.5. The Kier molecular flexibility index (Phi) is 2.46. The van der Waals surface area contributed by atoms with Gasteiger partial charge >= 0.3 is 0 Å². The number of rotatable bonds is 2. The van der Waals surface area contributed by atoms with E-state index in [1.54, 1.807) is 13.2 Å². The van der Waals surface area contributed by atoms with E-state index in [-0.39, 0.29) is 5.02 Å². The zero-order valence-corrected chi connectivity index (χ0v) is 9.12. The monoisotopic (exact) mass is 234 g/mol. The van der Waals surface area contributed by atoms with Crippen LogP contribution in [0.15, 0.2) is 12.1 Å². The fourth-order valence-corrected chi connectivity index (χ4v) is 2.08. The topological polar surface area (TPSA) is 9.23 Å². The molecule has 0 radical (unpaired) electrons. The van der Waals surface area contributed by atoms with Crippen molar-refractivity contribution in [3.05, 3.63) is 33.6 Å². The lowest BCUT2D eigenvalue weighted by Crippen LogP contribution is -2.11. The van der Waals surface area contributed by atoms with Crippen LogP contribution >= 0.6 is 23.2 Å². The van der Waals surface area contributed by atoms with Crippen molar-refractivity contribution in [2.24, 2.45) is 0 Å². The molecule has 0 saturated heterocycles. The van der Waals surface area contributed by atoms with E-state index in [2.05, 4.69) is 0 Å². The molecule has 0 atom stereocenters. The molecule has 2 rings (SSSR count). The summed E-state index contributed by atoms with van der Waals surface area (Å²) in [6, 6.07) is 2.98. The lowest BCUT2D eigenvalue weighted by Gasteiger charge is -2.15. The van der Waals surface area contributed by atoms with Crippen LogP contribution < -0.4 is 0 Å². The fraction of sp³-hybridized carbons (Fsp3) is 0.400. The van der Waals surface area contributed by atoms with Crippen LogP contribution in [0.5, 0.6) is 0 Å². The van der Waals surface area contributed by atoms with Gasteiger partial charge in [-0.15, -0.1) is 0 Å². The lowest BCUT2D eigenvalue weighted by atomic mass is 10.1. The van der Waals surface area contributed by atoms with Gasteiger partial charge < -0.3 is 4.74 Å². The molecule has 0 amide bonds. The summed E-state index contributed by atoms with van der Waals surface area (Å²) in [6.45, 7) is 0. The predicted octanol–water partition coefficient (Wildman–Crippen LogP) is 3.77. The van der Waals surface area contributed by atoms with Crippen LogP contribution in [0.4, 0.5) is 4.39 Å². The van der Waals surface area contributed by atoms with Gasteiger partial charge in [0.15, 0.2) is 0 Å². The van der Waals surface area contributed by atoms with Crippen molar-refractivity contribution in [2.45, 2.75) is 18.4 Å². The molecule has 1 aromatic carbocycles. The molecule has 1 nitrogen and oxygen atoms in total. The van der Waals surface area contributed by atoms with E-state index in [0.29, 0.717) is 10.6 Å². The van der Waals surface area contributed by atoms with Crippen molar-refractivity contribution in [1.29, 1.82) is 0 Å². The third kappa shape index (κ3) is 1.52. The quantitative estimate of drug-likeness (QED) is 0.709. The summed E-state index contributed by atoms with van der Waals surface area (Å²) in [6.07, 6.45) is 1.63. The number of hydrogen-bond acceptors (Lipinski definition) is 1. The van der Waals surface area contributed by atoms with Crippen molar-refractivity contribution in [2.75, 3.05) is 7.11 Å². The molecule has 1 aliphatic carbocycles. The van der Waals surface area contributed by atoms with Gasteiger partial charge in [-0.25, -0.2) is 4.39 Å². The predicted molar refractivity (Wildman–Crippen MR) is 54.3 cm³/mol. The molecule has 1 aromatic rings. The van der Waals surface area contributed by atoms with Crippen LogP contribution in [-0.4, -0.2) is 7.11 Å². The second kappa shape index (κ2) is 3.37. The molecule has 76 valence electrons. The van der Waals surface area contributed by atoms with E-state index < -0.39 is 11.4 Å². The largest absolute Gasteiger partial charge is 0.373 e. The number of halogens is 3. The summed E-state index contributed by atoms with van der Waals surface area (Å²) >= 11 is 11.5.